The van der Waals surface area contributed by atoms with Crippen LogP contribution in [-0.4, -0.2) is 5.05 Å². The van der Waals surface area contributed by atoms with Gasteiger partial charge in [-0.3, -0.25) is 0 Å². The van der Waals surface area contributed by atoms with Crippen LogP contribution in [0.15, 0.2) is 0 Å². The molecule has 0 saturated heterocycles. The van der Waals surface area contributed by atoms with E-state index in [0.29, 0.717) is 6.42 Å². The molecule has 0 rings (SSSR count). The average Bonchev–Trinajstić information content (AvgIpc) is 1.35. The van der Waals surface area contributed by atoms with E-state index in [1.54, 1.807) is 0 Å². The minimum atomic E-state index is -0.127. The van der Waals surface area contributed by atoms with Gasteiger partial charge in [0, 0.05) is 0 Å². The summed E-state index contributed by atoms with van der Waals surface area (Å²) >= 11 is 4.24. The first-order chi connectivity index (χ1) is 2.77. The summed E-state index contributed by atoms with van der Waals surface area (Å²) in [6.07, 6.45) is 1.43. The maximum Gasteiger partial charge on any atom is 1.00 e. The van der Waals surface area contributed by atoms with Gasteiger partial charge in [0.2, 0.25) is 0 Å². The van der Waals surface area contributed by atoms with E-state index in [4.69, 9.17) is 0 Å². The van der Waals surface area contributed by atoms with Gasteiger partial charge >= 0.3 is 51.4 Å². The first kappa shape index (κ1) is 11.3. The van der Waals surface area contributed by atoms with Crippen LogP contribution in [0.2, 0.25) is 0 Å². The Morgan fingerprint density at radius 2 is 2.14 bits per heavy atom. The van der Waals surface area contributed by atoms with Crippen molar-refractivity contribution in [2.45, 2.75) is 19.8 Å². The predicted molar refractivity (Wildman–Crippen MR) is 27.5 cm³/mol. The van der Waals surface area contributed by atoms with Crippen LogP contribution in [0, 0.1) is 0 Å². The van der Waals surface area contributed by atoms with Crippen molar-refractivity contribution in [3.63, 3.8) is 0 Å². The number of rotatable bonds is 2. The van der Waals surface area contributed by atoms with E-state index in [1.165, 1.54) is 0 Å². The number of hydrogen-bond donors (Lipinski definition) is 0. The summed E-state index contributed by atoms with van der Waals surface area (Å²) in [5.74, 6) is 0. The minimum absolute atomic E-state index is 0. The van der Waals surface area contributed by atoms with E-state index in [0.717, 1.165) is 6.42 Å². The molecule has 1 nitrogen and oxygen atoms in total. The molecular formula is C4H7KOS. The van der Waals surface area contributed by atoms with Crippen LogP contribution < -0.4 is 56.5 Å². The standard InChI is InChI=1S/C4H8OS.K/c1-2-3-4(5)6;/h2-3H2,1H3,(H,5,6);/q;+1/p-1. The van der Waals surface area contributed by atoms with Crippen molar-refractivity contribution in [2.75, 3.05) is 0 Å². The molecule has 0 aromatic rings. The van der Waals surface area contributed by atoms with Crippen molar-refractivity contribution in [3.8, 4) is 0 Å². The van der Waals surface area contributed by atoms with Gasteiger partial charge in [0.25, 0.3) is 0 Å². The Morgan fingerprint density at radius 1 is 1.71 bits per heavy atom. The maximum absolute atomic E-state index is 9.86. The van der Waals surface area contributed by atoms with E-state index < -0.39 is 0 Å². The molecule has 0 heterocycles. The second kappa shape index (κ2) is 7.53. The topological polar surface area (TPSA) is 23.1 Å². The molecule has 0 unspecified atom stereocenters. The van der Waals surface area contributed by atoms with Gasteiger partial charge in [-0.25, -0.2) is 0 Å². The molecule has 0 saturated carbocycles. The van der Waals surface area contributed by atoms with Crippen LogP contribution >= 0.6 is 12.2 Å². The molecule has 0 aliphatic rings. The van der Waals surface area contributed by atoms with Gasteiger partial charge in [-0.2, -0.15) is 0 Å². The second-order valence-electron chi connectivity index (χ2n) is 1.12. The van der Waals surface area contributed by atoms with Gasteiger partial charge in [0.05, 0.1) is 0 Å². The zero-order chi connectivity index (χ0) is 4.99. The third-order valence-corrected chi connectivity index (χ3v) is 0.658. The molecule has 0 aliphatic heterocycles. The Hall–Kier alpha value is 1.53. The molecule has 0 radical (unpaired) electrons. The van der Waals surface area contributed by atoms with Crippen LogP contribution in [0.3, 0.4) is 0 Å². The van der Waals surface area contributed by atoms with Gasteiger partial charge in [-0.05, 0) is 6.42 Å². The van der Waals surface area contributed by atoms with Gasteiger partial charge in [0.15, 0.2) is 0 Å². The van der Waals surface area contributed by atoms with Crippen molar-refractivity contribution >= 4 is 17.3 Å². The zero-order valence-electron chi connectivity index (χ0n) is 4.73. The molecule has 0 aromatic carbocycles. The Morgan fingerprint density at radius 3 is 2.14 bits per heavy atom. The van der Waals surface area contributed by atoms with Crippen LogP contribution in [0.25, 0.3) is 0 Å². The third kappa shape index (κ3) is 11.2. The van der Waals surface area contributed by atoms with Crippen LogP contribution in [0.4, 0.5) is 0 Å². The summed E-state index contributed by atoms with van der Waals surface area (Å²) in [6, 6.07) is 0. The first-order valence-corrected chi connectivity index (χ1v) is 2.38. The van der Waals surface area contributed by atoms with E-state index in [-0.39, 0.29) is 56.4 Å². The Balaban J connectivity index is 0. The quantitative estimate of drug-likeness (QED) is 0.314. The Kier molecular flexibility index (Phi) is 12.2. The van der Waals surface area contributed by atoms with E-state index >= 15 is 0 Å². The van der Waals surface area contributed by atoms with Crippen LogP contribution in [-0.2, 0) is 0 Å². The minimum Gasteiger partial charge on any atom is -0.867 e. The van der Waals surface area contributed by atoms with E-state index in [1.807, 2.05) is 6.92 Å². The van der Waals surface area contributed by atoms with Crippen LogP contribution in [0.5, 0.6) is 0 Å². The van der Waals surface area contributed by atoms with E-state index in [2.05, 4.69) is 12.2 Å². The molecule has 0 N–H and O–H groups in total. The summed E-state index contributed by atoms with van der Waals surface area (Å²) in [4.78, 5) is 0. The monoisotopic (exact) mass is 142 g/mol. The molecule has 7 heavy (non-hydrogen) atoms. The fraction of sp³-hybridized carbons (Fsp3) is 0.750. The fourth-order valence-corrected chi connectivity index (χ4v) is 0.408. The molecule has 0 amide bonds. The summed E-state index contributed by atoms with van der Waals surface area (Å²) in [6.45, 7) is 1.93. The molecule has 0 aromatic heterocycles. The van der Waals surface area contributed by atoms with Crippen molar-refractivity contribution in [3.05, 3.63) is 0 Å². The van der Waals surface area contributed by atoms with E-state index in [9.17, 15) is 5.11 Å². The van der Waals surface area contributed by atoms with Crippen LogP contribution in [0.1, 0.15) is 19.8 Å². The normalized spacial score (nSPS) is 7.00. The van der Waals surface area contributed by atoms with Crippen molar-refractivity contribution < 1.29 is 56.5 Å². The van der Waals surface area contributed by atoms with Crippen molar-refractivity contribution in [1.29, 1.82) is 0 Å². The third-order valence-electron chi connectivity index (χ3n) is 0.454. The molecule has 3 heteroatoms. The van der Waals surface area contributed by atoms with Crippen molar-refractivity contribution in [2.24, 2.45) is 0 Å². The van der Waals surface area contributed by atoms with Gasteiger partial charge < -0.3 is 5.11 Å². The molecular weight excluding hydrogens is 135 g/mol. The number of hydrogen-bond acceptors (Lipinski definition) is 2. The molecule has 0 fully saturated rings. The zero-order valence-corrected chi connectivity index (χ0v) is 8.67. The fourth-order valence-electron chi connectivity index (χ4n) is 0.204. The number of thiocarbonyl (C=S) groups is 1. The Bertz CT molecular complexity index is 55.7. The molecule has 0 spiro atoms. The summed E-state index contributed by atoms with van der Waals surface area (Å²) in [7, 11) is 0. The first-order valence-electron chi connectivity index (χ1n) is 1.97. The average molecular weight is 142 g/mol. The molecule has 36 valence electrons. The molecule has 0 bridgehead atoms. The summed E-state index contributed by atoms with van der Waals surface area (Å²) < 4.78 is 0. The Labute approximate surface area is 91.9 Å². The van der Waals surface area contributed by atoms with Gasteiger partial charge in [-0.1, -0.05) is 18.4 Å². The van der Waals surface area contributed by atoms with Gasteiger partial charge in [-0.15, -0.1) is 12.2 Å². The SMILES string of the molecule is CCCC([O-])=S.[K+]. The molecule has 0 atom stereocenters. The summed E-state index contributed by atoms with van der Waals surface area (Å²) in [5.41, 5.74) is 0. The molecule has 0 aliphatic carbocycles. The maximum atomic E-state index is 9.86. The largest absolute Gasteiger partial charge is 1.00 e. The smallest absolute Gasteiger partial charge is 0.867 e. The summed E-state index contributed by atoms with van der Waals surface area (Å²) in [5, 5.41) is 9.73. The second-order valence-corrected chi connectivity index (χ2v) is 1.58. The van der Waals surface area contributed by atoms with Crippen molar-refractivity contribution in [1.82, 2.24) is 0 Å². The predicted octanol–water partition coefficient (Wildman–Crippen LogP) is -2.52. The van der Waals surface area contributed by atoms with Gasteiger partial charge in [0.1, 0.15) is 0 Å².